The first-order valence-corrected chi connectivity index (χ1v) is 12.5. The van der Waals surface area contributed by atoms with Crippen molar-refractivity contribution in [2.75, 3.05) is 18.4 Å². The van der Waals surface area contributed by atoms with Gasteiger partial charge in [-0.15, -0.1) is 0 Å². The summed E-state index contributed by atoms with van der Waals surface area (Å²) in [6.07, 6.45) is 2.58. The molecule has 0 spiro atoms. The molecule has 1 saturated heterocycles. The first kappa shape index (κ1) is 25.3. The molecule has 186 valence electrons. The van der Waals surface area contributed by atoms with Gasteiger partial charge in [0.2, 0.25) is 5.95 Å². The normalized spacial score (nSPS) is 15.1. The summed E-state index contributed by atoms with van der Waals surface area (Å²) in [5.41, 5.74) is 0.398. The summed E-state index contributed by atoms with van der Waals surface area (Å²) in [5, 5.41) is 7.45. The molecule has 3 aromatic rings. The molecule has 0 aliphatic carbocycles. The highest BCUT2D eigenvalue weighted by Gasteiger charge is 2.19. The van der Waals surface area contributed by atoms with Gasteiger partial charge in [-0.3, -0.25) is 4.57 Å². The molecule has 4 rings (SSSR count). The van der Waals surface area contributed by atoms with Gasteiger partial charge in [-0.1, -0.05) is 42.3 Å². The number of halogens is 2. The molecule has 2 heterocycles. The van der Waals surface area contributed by atoms with Crippen molar-refractivity contribution >= 4 is 34.8 Å². The van der Waals surface area contributed by atoms with Crippen molar-refractivity contribution in [2.24, 2.45) is 0 Å². The average Bonchev–Trinajstić information content (AvgIpc) is 2.85. The second-order valence-electron chi connectivity index (χ2n) is 8.68. The maximum atomic E-state index is 13.4. The summed E-state index contributed by atoms with van der Waals surface area (Å²) in [5.74, 6) is 0.736. The SMILES string of the molecule is CCC(C)n1c(=O)nc(Nc2ccc(OC3CCNCC3)c(Cl)c2)n(Cc2ccc(Cl)cc2)c1=O. The monoisotopic (exact) mass is 517 g/mol. The molecule has 2 N–H and O–H groups in total. The van der Waals surface area contributed by atoms with Gasteiger partial charge in [-0.2, -0.15) is 4.98 Å². The van der Waals surface area contributed by atoms with Crippen molar-refractivity contribution < 1.29 is 4.74 Å². The maximum absolute atomic E-state index is 13.4. The van der Waals surface area contributed by atoms with Crippen LogP contribution in [0, 0.1) is 0 Å². The number of anilines is 2. The van der Waals surface area contributed by atoms with E-state index < -0.39 is 11.4 Å². The van der Waals surface area contributed by atoms with E-state index in [-0.39, 0.29) is 24.6 Å². The van der Waals surface area contributed by atoms with Gasteiger partial charge in [0.1, 0.15) is 11.9 Å². The van der Waals surface area contributed by atoms with Crippen LogP contribution in [-0.4, -0.2) is 33.3 Å². The van der Waals surface area contributed by atoms with Crippen LogP contribution in [0.15, 0.2) is 52.1 Å². The molecule has 8 nitrogen and oxygen atoms in total. The molecule has 0 amide bonds. The van der Waals surface area contributed by atoms with Crippen LogP contribution in [0.4, 0.5) is 11.6 Å². The van der Waals surface area contributed by atoms with Crippen LogP contribution < -0.4 is 26.7 Å². The summed E-state index contributed by atoms with van der Waals surface area (Å²) < 4.78 is 8.69. The van der Waals surface area contributed by atoms with E-state index in [9.17, 15) is 9.59 Å². The van der Waals surface area contributed by atoms with Gasteiger partial charge in [-0.25, -0.2) is 14.2 Å². The van der Waals surface area contributed by atoms with E-state index in [0.29, 0.717) is 27.9 Å². The van der Waals surface area contributed by atoms with Crippen LogP contribution in [-0.2, 0) is 6.54 Å². The molecule has 35 heavy (non-hydrogen) atoms. The van der Waals surface area contributed by atoms with Crippen molar-refractivity contribution in [3.63, 3.8) is 0 Å². The smallest absolute Gasteiger partial charge is 0.355 e. The largest absolute Gasteiger partial charge is 0.489 e. The minimum atomic E-state index is -0.601. The minimum Gasteiger partial charge on any atom is -0.489 e. The molecule has 0 radical (unpaired) electrons. The Balaban J connectivity index is 1.66. The average molecular weight is 518 g/mol. The van der Waals surface area contributed by atoms with Crippen molar-refractivity contribution in [1.29, 1.82) is 0 Å². The molecule has 1 aliphatic rings. The third kappa shape index (κ3) is 6.07. The van der Waals surface area contributed by atoms with E-state index in [1.54, 1.807) is 30.3 Å². The summed E-state index contributed by atoms with van der Waals surface area (Å²) in [4.78, 5) is 30.4. The fourth-order valence-corrected chi connectivity index (χ4v) is 4.32. The number of nitrogens with one attached hydrogen (secondary N) is 2. The van der Waals surface area contributed by atoms with Gasteiger partial charge in [-0.05, 0) is 75.2 Å². The molecule has 1 fully saturated rings. The fraction of sp³-hybridized carbons (Fsp3) is 0.400. The zero-order valence-corrected chi connectivity index (χ0v) is 21.3. The lowest BCUT2D eigenvalue weighted by Gasteiger charge is -2.24. The number of ether oxygens (including phenoxy) is 1. The Morgan fingerprint density at radius 1 is 1.14 bits per heavy atom. The highest BCUT2D eigenvalue weighted by atomic mass is 35.5. The summed E-state index contributed by atoms with van der Waals surface area (Å²) in [6, 6.07) is 12.2. The number of piperidine rings is 1. The molecule has 10 heteroatoms. The minimum absolute atomic E-state index is 0.118. The van der Waals surface area contributed by atoms with Crippen molar-refractivity contribution in [1.82, 2.24) is 19.4 Å². The lowest BCUT2D eigenvalue weighted by atomic mass is 10.1. The Hall–Kier alpha value is -2.81. The molecule has 0 bridgehead atoms. The molecule has 0 saturated carbocycles. The molecule has 2 aromatic carbocycles. The van der Waals surface area contributed by atoms with Crippen molar-refractivity contribution in [3.8, 4) is 5.75 Å². The van der Waals surface area contributed by atoms with Crippen LogP contribution in [0.5, 0.6) is 5.75 Å². The van der Waals surface area contributed by atoms with Crippen LogP contribution in [0.3, 0.4) is 0 Å². The second kappa shape index (κ2) is 11.3. The summed E-state index contributed by atoms with van der Waals surface area (Å²) in [7, 11) is 0. The van der Waals surface area contributed by atoms with E-state index in [2.05, 4.69) is 15.6 Å². The number of hydrogen-bond acceptors (Lipinski definition) is 6. The van der Waals surface area contributed by atoms with E-state index in [1.807, 2.05) is 26.0 Å². The van der Waals surface area contributed by atoms with Gasteiger partial charge in [0.15, 0.2) is 0 Å². The fourth-order valence-electron chi connectivity index (χ4n) is 3.97. The Bertz CT molecular complexity index is 1280. The predicted molar refractivity (Wildman–Crippen MR) is 140 cm³/mol. The molecule has 1 aromatic heterocycles. The summed E-state index contributed by atoms with van der Waals surface area (Å²) >= 11 is 12.5. The quantitative estimate of drug-likeness (QED) is 0.453. The lowest BCUT2D eigenvalue weighted by Crippen LogP contribution is -2.44. The van der Waals surface area contributed by atoms with Gasteiger partial charge in [0.05, 0.1) is 11.6 Å². The van der Waals surface area contributed by atoms with E-state index in [4.69, 9.17) is 27.9 Å². The van der Waals surface area contributed by atoms with Crippen molar-refractivity contribution in [2.45, 2.75) is 51.8 Å². The van der Waals surface area contributed by atoms with Gasteiger partial charge in [0, 0.05) is 16.8 Å². The Kier molecular flexibility index (Phi) is 8.15. The Labute approximate surface area is 213 Å². The number of aromatic nitrogens is 3. The third-order valence-electron chi connectivity index (χ3n) is 6.15. The highest BCUT2D eigenvalue weighted by molar-refractivity contribution is 6.32. The topological polar surface area (TPSA) is 90.2 Å². The van der Waals surface area contributed by atoms with Crippen molar-refractivity contribution in [3.05, 3.63) is 79.0 Å². The number of hydrogen-bond donors (Lipinski definition) is 2. The third-order valence-corrected chi connectivity index (χ3v) is 6.70. The van der Waals surface area contributed by atoms with Crippen LogP contribution in [0.1, 0.15) is 44.7 Å². The highest BCUT2D eigenvalue weighted by Crippen LogP contribution is 2.30. The van der Waals surface area contributed by atoms with Gasteiger partial charge < -0.3 is 15.4 Å². The van der Waals surface area contributed by atoms with Gasteiger partial charge in [0.25, 0.3) is 0 Å². The van der Waals surface area contributed by atoms with E-state index >= 15 is 0 Å². The zero-order chi connectivity index (χ0) is 24.9. The van der Waals surface area contributed by atoms with Crippen LogP contribution in [0.2, 0.25) is 10.0 Å². The van der Waals surface area contributed by atoms with E-state index in [0.717, 1.165) is 31.5 Å². The first-order chi connectivity index (χ1) is 16.9. The Morgan fingerprint density at radius 3 is 2.51 bits per heavy atom. The maximum Gasteiger partial charge on any atom is 0.355 e. The number of rotatable bonds is 8. The molecule has 1 unspecified atom stereocenters. The molecule has 1 aliphatic heterocycles. The zero-order valence-electron chi connectivity index (χ0n) is 19.8. The van der Waals surface area contributed by atoms with Gasteiger partial charge >= 0.3 is 11.4 Å². The van der Waals surface area contributed by atoms with Crippen LogP contribution >= 0.6 is 23.2 Å². The molecular weight excluding hydrogens is 489 g/mol. The number of nitrogens with zero attached hydrogens (tertiary/aromatic N) is 3. The lowest BCUT2D eigenvalue weighted by molar-refractivity contribution is 0.162. The standard InChI is InChI=1S/C25H29Cl2N5O3/c1-3-16(2)32-24(33)30-23(31(25(32)34)15-17-4-6-18(26)7-5-17)29-19-8-9-22(21(27)14-19)35-20-10-12-28-13-11-20/h4-9,14,16,20,28H,3,10-13,15H2,1-2H3,(H,29,30,33). The van der Waals surface area contributed by atoms with E-state index in [1.165, 1.54) is 9.13 Å². The summed E-state index contributed by atoms with van der Waals surface area (Å²) in [6.45, 7) is 5.79. The van der Waals surface area contributed by atoms with Crippen LogP contribution in [0.25, 0.3) is 0 Å². The number of benzene rings is 2. The molecule has 1 atom stereocenters. The Morgan fingerprint density at radius 2 is 1.86 bits per heavy atom. The predicted octanol–water partition coefficient (Wildman–Crippen LogP) is 4.61. The second-order valence-corrected chi connectivity index (χ2v) is 9.52. The molecular formula is C25H29Cl2N5O3. The first-order valence-electron chi connectivity index (χ1n) is 11.8.